The van der Waals surface area contributed by atoms with Crippen molar-refractivity contribution in [2.45, 2.75) is 59.2 Å². The Bertz CT molecular complexity index is 1400. The molecule has 1 aromatic carbocycles. The molecule has 1 aromatic rings. The minimum absolute atomic E-state index is 0.0314. The number of allylic oxidation sites excluding steroid dienone is 5. The van der Waals surface area contributed by atoms with Crippen LogP contribution in [0, 0.1) is 17.8 Å². The van der Waals surface area contributed by atoms with E-state index in [4.69, 9.17) is 0 Å². The Balaban J connectivity index is 1.64. The van der Waals surface area contributed by atoms with E-state index < -0.39 is 12.1 Å². The number of nitrogens with one attached hydrogen (secondary N) is 2. The molecule has 3 rings (SSSR count). The molecule has 1 amide bonds. The maximum atomic E-state index is 12.8. The van der Waals surface area contributed by atoms with Crippen molar-refractivity contribution in [3.8, 4) is 11.8 Å². The van der Waals surface area contributed by atoms with Gasteiger partial charge in [0.25, 0.3) is 0 Å². The SMILES string of the molecule is CC(=O)C1=CC(NC(=O)Cc2cccc(CC(O)NC3C=C(C(C)=O)C=C(C(C)=O)C3)c2)=CC(C(C)=O)C#C1. The molecule has 0 bridgehead atoms. The molecular weight excluding hydrogens is 496 g/mol. The van der Waals surface area contributed by atoms with E-state index in [0.717, 1.165) is 5.56 Å². The van der Waals surface area contributed by atoms with E-state index in [9.17, 15) is 29.1 Å². The molecule has 0 spiro atoms. The number of rotatable bonds is 11. The fourth-order valence-corrected chi connectivity index (χ4v) is 4.27. The smallest absolute Gasteiger partial charge is 0.228 e. The monoisotopic (exact) mass is 528 g/mol. The third-order valence-corrected chi connectivity index (χ3v) is 6.31. The molecule has 8 nitrogen and oxygen atoms in total. The predicted molar refractivity (Wildman–Crippen MR) is 146 cm³/mol. The first-order chi connectivity index (χ1) is 18.4. The molecule has 2 aliphatic carbocycles. The molecule has 8 heteroatoms. The second kappa shape index (κ2) is 13.1. The van der Waals surface area contributed by atoms with Gasteiger partial charge >= 0.3 is 0 Å². The van der Waals surface area contributed by atoms with Crippen LogP contribution in [0.2, 0.25) is 0 Å². The fraction of sp³-hybridized carbons (Fsp3) is 0.323. The molecule has 0 heterocycles. The van der Waals surface area contributed by atoms with E-state index in [1.807, 2.05) is 12.1 Å². The zero-order valence-corrected chi connectivity index (χ0v) is 22.5. The first-order valence-corrected chi connectivity index (χ1v) is 12.6. The van der Waals surface area contributed by atoms with E-state index in [0.29, 0.717) is 28.8 Å². The van der Waals surface area contributed by atoms with Gasteiger partial charge in [0.05, 0.1) is 17.9 Å². The van der Waals surface area contributed by atoms with E-state index in [2.05, 4.69) is 22.5 Å². The molecule has 0 fully saturated rings. The van der Waals surface area contributed by atoms with Crippen LogP contribution in [-0.4, -0.2) is 46.4 Å². The van der Waals surface area contributed by atoms with E-state index in [-0.39, 0.29) is 53.5 Å². The van der Waals surface area contributed by atoms with Crippen molar-refractivity contribution < 1.29 is 29.1 Å². The molecule has 2 aliphatic rings. The molecule has 0 radical (unpaired) electrons. The van der Waals surface area contributed by atoms with Gasteiger partial charge in [0, 0.05) is 23.7 Å². The van der Waals surface area contributed by atoms with Gasteiger partial charge in [-0.05, 0) is 69.0 Å². The van der Waals surface area contributed by atoms with Crippen LogP contribution in [0.25, 0.3) is 0 Å². The molecule has 39 heavy (non-hydrogen) atoms. The molecule has 0 aromatic heterocycles. The van der Waals surface area contributed by atoms with Crippen molar-refractivity contribution in [2.75, 3.05) is 0 Å². The van der Waals surface area contributed by atoms with Crippen LogP contribution in [0.1, 0.15) is 45.2 Å². The summed E-state index contributed by atoms with van der Waals surface area (Å²) in [6.07, 6.45) is 6.00. The average molecular weight is 529 g/mol. The number of Topliss-reactive ketones (excluding diaryl/α,β-unsaturated/α-hetero) is 4. The van der Waals surface area contributed by atoms with Gasteiger partial charge in [-0.1, -0.05) is 42.2 Å². The summed E-state index contributed by atoms with van der Waals surface area (Å²) in [5.74, 6) is 3.66. The Hall–Kier alpha value is -4.19. The predicted octanol–water partition coefficient (Wildman–Crippen LogP) is 2.22. The maximum absolute atomic E-state index is 12.8. The zero-order valence-electron chi connectivity index (χ0n) is 22.5. The van der Waals surface area contributed by atoms with Crippen molar-refractivity contribution in [1.29, 1.82) is 0 Å². The lowest BCUT2D eigenvalue weighted by Gasteiger charge is -2.24. The van der Waals surface area contributed by atoms with Crippen LogP contribution in [0.4, 0.5) is 0 Å². The summed E-state index contributed by atoms with van der Waals surface area (Å²) in [4.78, 5) is 60.2. The average Bonchev–Trinajstić information content (AvgIpc) is 3.06. The second-order valence-corrected chi connectivity index (χ2v) is 9.74. The highest BCUT2D eigenvalue weighted by Crippen LogP contribution is 2.20. The van der Waals surface area contributed by atoms with Gasteiger partial charge in [0.1, 0.15) is 12.0 Å². The highest BCUT2D eigenvalue weighted by molar-refractivity contribution is 6.01. The highest BCUT2D eigenvalue weighted by Gasteiger charge is 2.22. The van der Waals surface area contributed by atoms with Gasteiger partial charge in [0.2, 0.25) is 5.91 Å². The Morgan fingerprint density at radius 1 is 0.974 bits per heavy atom. The quantitative estimate of drug-likeness (QED) is 0.297. The summed E-state index contributed by atoms with van der Waals surface area (Å²) in [6.45, 7) is 5.65. The third-order valence-electron chi connectivity index (χ3n) is 6.31. The first-order valence-electron chi connectivity index (χ1n) is 12.6. The van der Waals surface area contributed by atoms with Crippen LogP contribution in [0.15, 0.2) is 71.0 Å². The number of aliphatic hydroxyl groups is 1. The summed E-state index contributed by atoms with van der Waals surface area (Å²) in [7, 11) is 0. The fourth-order valence-electron chi connectivity index (χ4n) is 4.27. The molecule has 0 saturated heterocycles. The number of hydrogen-bond acceptors (Lipinski definition) is 7. The maximum Gasteiger partial charge on any atom is 0.228 e. The number of aliphatic hydroxyl groups excluding tert-OH is 1. The number of carbonyl (C=O) groups is 5. The molecule has 3 atom stereocenters. The topological polar surface area (TPSA) is 130 Å². The summed E-state index contributed by atoms with van der Waals surface area (Å²) in [5.41, 5.74) is 2.98. The van der Waals surface area contributed by atoms with Gasteiger partial charge in [-0.3, -0.25) is 29.3 Å². The number of ketones is 4. The van der Waals surface area contributed by atoms with Crippen LogP contribution >= 0.6 is 0 Å². The van der Waals surface area contributed by atoms with Crippen molar-refractivity contribution in [3.05, 3.63) is 82.1 Å². The van der Waals surface area contributed by atoms with Crippen LogP contribution in [-0.2, 0) is 36.8 Å². The number of benzene rings is 1. The Morgan fingerprint density at radius 3 is 2.33 bits per heavy atom. The van der Waals surface area contributed by atoms with E-state index in [1.54, 1.807) is 24.3 Å². The minimum atomic E-state index is -0.954. The van der Waals surface area contributed by atoms with Gasteiger partial charge in [-0.2, -0.15) is 0 Å². The lowest BCUT2D eigenvalue weighted by atomic mass is 9.91. The third kappa shape index (κ3) is 8.67. The largest absolute Gasteiger partial charge is 0.378 e. The summed E-state index contributed by atoms with van der Waals surface area (Å²) in [6, 6.07) is 6.84. The van der Waals surface area contributed by atoms with Crippen LogP contribution in [0.5, 0.6) is 0 Å². The number of hydrogen-bond donors (Lipinski definition) is 3. The normalized spacial score (nSPS) is 19.1. The van der Waals surface area contributed by atoms with Crippen molar-refractivity contribution in [1.82, 2.24) is 10.6 Å². The Morgan fingerprint density at radius 2 is 1.69 bits per heavy atom. The standard InChI is InChI=1S/C31H32N2O6/c1-18(34)24-8-9-25(19(2)35)15-28(14-24)32-30(38)11-22-6-5-7-23(10-22)12-31(39)33-29-16-26(20(3)36)13-27(17-29)21(4)37/h5-7,10,13-16,24,29,31,33,39H,11-12,17H2,1-4H3,(H,32,38). The summed E-state index contributed by atoms with van der Waals surface area (Å²) < 4.78 is 0. The van der Waals surface area contributed by atoms with Crippen molar-refractivity contribution in [2.24, 2.45) is 5.92 Å². The molecule has 0 saturated carbocycles. The van der Waals surface area contributed by atoms with Crippen LogP contribution < -0.4 is 10.6 Å². The minimum Gasteiger partial charge on any atom is -0.378 e. The lowest BCUT2D eigenvalue weighted by Crippen LogP contribution is -2.40. The van der Waals surface area contributed by atoms with Crippen molar-refractivity contribution >= 4 is 29.0 Å². The molecule has 0 aliphatic heterocycles. The second-order valence-electron chi connectivity index (χ2n) is 9.74. The molecular formula is C31H32N2O6. The molecule has 3 N–H and O–H groups in total. The summed E-state index contributed by atoms with van der Waals surface area (Å²) in [5, 5.41) is 16.5. The number of amides is 1. The van der Waals surface area contributed by atoms with Gasteiger partial charge < -0.3 is 10.4 Å². The van der Waals surface area contributed by atoms with E-state index >= 15 is 0 Å². The van der Waals surface area contributed by atoms with Crippen molar-refractivity contribution in [3.63, 3.8) is 0 Å². The van der Waals surface area contributed by atoms with Gasteiger partial charge in [-0.15, -0.1) is 0 Å². The van der Waals surface area contributed by atoms with Gasteiger partial charge in [-0.25, -0.2) is 0 Å². The Kier molecular flexibility index (Phi) is 9.83. The Labute approximate surface area is 227 Å². The first kappa shape index (κ1) is 29.4. The van der Waals surface area contributed by atoms with E-state index in [1.165, 1.54) is 39.8 Å². The highest BCUT2D eigenvalue weighted by atomic mass is 16.3. The van der Waals surface area contributed by atoms with Gasteiger partial charge in [0.15, 0.2) is 17.3 Å². The zero-order chi connectivity index (χ0) is 28.7. The lowest BCUT2D eigenvalue weighted by molar-refractivity contribution is -0.120. The summed E-state index contributed by atoms with van der Waals surface area (Å²) >= 11 is 0. The van der Waals surface area contributed by atoms with Crippen LogP contribution in [0.3, 0.4) is 0 Å². The molecule has 202 valence electrons. The number of carbonyl (C=O) groups excluding carboxylic acids is 5. The molecule has 3 unspecified atom stereocenters.